The molecule has 2 heterocycles. The van der Waals surface area contributed by atoms with Crippen LogP contribution in [0.3, 0.4) is 0 Å². The molecule has 2 rings (SSSR count). The Hall–Kier alpha value is -1.30. The number of carbonyl (C=O) groups is 2. The van der Waals surface area contributed by atoms with Gasteiger partial charge in [-0.2, -0.15) is 0 Å². The molecule has 2 aliphatic rings. The van der Waals surface area contributed by atoms with Crippen molar-refractivity contribution in [3.05, 3.63) is 0 Å². The Morgan fingerprint density at radius 3 is 2.75 bits per heavy atom. The maximum atomic E-state index is 11.8. The highest BCUT2D eigenvalue weighted by molar-refractivity contribution is 5.74. The number of aliphatic carboxylic acids is 1. The van der Waals surface area contributed by atoms with Crippen LogP contribution in [0.5, 0.6) is 0 Å². The molecule has 0 aromatic rings. The van der Waals surface area contributed by atoms with Crippen molar-refractivity contribution in [1.82, 2.24) is 10.6 Å². The van der Waals surface area contributed by atoms with Gasteiger partial charge < -0.3 is 20.5 Å². The van der Waals surface area contributed by atoms with E-state index in [-0.39, 0.29) is 24.6 Å². The smallest absolute Gasteiger partial charge is 0.315 e. The van der Waals surface area contributed by atoms with E-state index in [1.165, 1.54) is 0 Å². The molecule has 3 N–H and O–H groups in total. The summed E-state index contributed by atoms with van der Waals surface area (Å²) >= 11 is 0. The van der Waals surface area contributed by atoms with Gasteiger partial charge in [0, 0.05) is 13.0 Å². The zero-order valence-electron chi connectivity index (χ0n) is 11.9. The Morgan fingerprint density at radius 2 is 2.15 bits per heavy atom. The summed E-state index contributed by atoms with van der Waals surface area (Å²) in [5.41, 5.74) is 0. The topological polar surface area (TPSA) is 87.7 Å². The monoisotopic (exact) mass is 284 g/mol. The minimum Gasteiger partial charge on any atom is -0.481 e. The summed E-state index contributed by atoms with van der Waals surface area (Å²) in [6.45, 7) is 2.58. The highest BCUT2D eigenvalue weighted by Gasteiger charge is 2.41. The number of rotatable bonds is 7. The van der Waals surface area contributed by atoms with E-state index >= 15 is 0 Å². The third-order valence-electron chi connectivity index (χ3n) is 4.20. The third kappa shape index (κ3) is 4.37. The standard InChI is InChI=1S/C14H24N2O4/c1-9(2-5-13(17)18)6-7-15-14(19)16-11-8-10-3-4-12(11)20-10/h9-12H,2-8H2,1H3,(H,17,18)(H2,15,16,19). The summed E-state index contributed by atoms with van der Waals surface area (Å²) in [6.07, 6.45) is 5.25. The van der Waals surface area contributed by atoms with E-state index in [2.05, 4.69) is 10.6 Å². The van der Waals surface area contributed by atoms with Crippen LogP contribution in [0.1, 0.15) is 45.4 Å². The fourth-order valence-electron chi connectivity index (χ4n) is 2.96. The first-order valence-electron chi connectivity index (χ1n) is 7.46. The van der Waals surface area contributed by atoms with Gasteiger partial charge in [-0.25, -0.2) is 4.79 Å². The van der Waals surface area contributed by atoms with E-state index in [0.29, 0.717) is 25.0 Å². The van der Waals surface area contributed by atoms with E-state index in [1.807, 2.05) is 6.92 Å². The van der Waals surface area contributed by atoms with Crippen LogP contribution in [0.2, 0.25) is 0 Å². The maximum Gasteiger partial charge on any atom is 0.315 e. The van der Waals surface area contributed by atoms with Crippen molar-refractivity contribution < 1.29 is 19.4 Å². The highest BCUT2D eigenvalue weighted by atomic mass is 16.5. The maximum absolute atomic E-state index is 11.8. The van der Waals surface area contributed by atoms with E-state index in [9.17, 15) is 9.59 Å². The number of amides is 2. The van der Waals surface area contributed by atoms with E-state index < -0.39 is 5.97 Å². The zero-order chi connectivity index (χ0) is 14.5. The Kier molecular flexibility index (Phi) is 5.23. The molecule has 0 aliphatic carbocycles. The molecule has 2 saturated heterocycles. The molecule has 0 aromatic heterocycles. The van der Waals surface area contributed by atoms with E-state index in [0.717, 1.165) is 25.7 Å². The summed E-state index contributed by atoms with van der Waals surface area (Å²) < 4.78 is 5.68. The van der Waals surface area contributed by atoms with Crippen LogP contribution in [-0.4, -0.2) is 41.9 Å². The van der Waals surface area contributed by atoms with Crippen molar-refractivity contribution in [2.75, 3.05) is 6.54 Å². The lowest BCUT2D eigenvalue weighted by Gasteiger charge is -2.20. The summed E-state index contributed by atoms with van der Waals surface area (Å²) in [7, 11) is 0. The molecule has 6 nitrogen and oxygen atoms in total. The van der Waals surface area contributed by atoms with Crippen molar-refractivity contribution in [3.8, 4) is 0 Å². The van der Waals surface area contributed by atoms with Crippen LogP contribution in [0.15, 0.2) is 0 Å². The third-order valence-corrected chi connectivity index (χ3v) is 4.20. The van der Waals surface area contributed by atoms with Crippen LogP contribution in [0.4, 0.5) is 4.79 Å². The lowest BCUT2D eigenvalue weighted by molar-refractivity contribution is -0.137. The van der Waals surface area contributed by atoms with Gasteiger partial charge in [0.25, 0.3) is 0 Å². The predicted molar refractivity (Wildman–Crippen MR) is 73.5 cm³/mol. The number of ether oxygens (including phenoxy) is 1. The fourth-order valence-corrected chi connectivity index (χ4v) is 2.96. The number of carboxylic acid groups (broad SMARTS) is 1. The zero-order valence-corrected chi connectivity index (χ0v) is 11.9. The van der Waals surface area contributed by atoms with Gasteiger partial charge in [0.15, 0.2) is 0 Å². The van der Waals surface area contributed by atoms with Gasteiger partial charge in [0.05, 0.1) is 18.2 Å². The lowest BCUT2D eigenvalue weighted by Crippen LogP contribution is -2.46. The Labute approximate surface area is 119 Å². The number of carbonyl (C=O) groups excluding carboxylic acids is 1. The number of hydrogen-bond acceptors (Lipinski definition) is 3. The summed E-state index contributed by atoms with van der Waals surface area (Å²) in [5.74, 6) is -0.462. The van der Waals surface area contributed by atoms with Crippen LogP contribution in [0.25, 0.3) is 0 Å². The van der Waals surface area contributed by atoms with Crippen molar-refractivity contribution in [3.63, 3.8) is 0 Å². The molecular weight excluding hydrogens is 260 g/mol. The quantitative estimate of drug-likeness (QED) is 0.661. The molecule has 0 spiro atoms. The molecule has 6 heteroatoms. The normalized spacial score (nSPS) is 29.1. The molecule has 0 saturated carbocycles. The van der Waals surface area contributed by atoms with Gasteiger partial charge in [0.2, 0.25) is 0 Å². The Bertz CT molecular complexity index is 361. The molecule has 114 valence electrons. The molecule has 2 fully saturated rings. The largest absolute Gasteiger partial charge is 0.481 e. The van der Waals surface area contributed by atoms with E-state index in [4.69, 9.17) is 9.84 Å². The van der Waals surface area contributed by atoms with Crippen LogP contribution >= 0.6 is 0 Å². The van der Waals surface area contributed by atoms with Crippen molar-refractivity contribution >= 4 is 12.0 Å². The molecule has 2 aliphatic heterocycles. The Balaban J connectivity index is 1.55. The molecule has 4 atom stereocenters. The average Bonchev–Trinajstić information content (AvgIpc) is 2.98. The van der Waals surface area contributed by atoms with Crippen molar-refractivity contribution in [1.29, 1.82) is 0 Å². The van der Waals surface area contributed by atoms with Gasteiger partial charge in [0.1, 0.15) is 0 Å². The first-order valence-corrected chi connectivity index (χ1v) is 7.46. The number of fused-ring (bicyclic) bond motifs is 2. The van der Waals surface area contributed by atoms with Gasteiger partial charge in [-0.1, -0.05) is 6.92 Å². The van der Waals surface area contributed by atoms with Crippen molar-refractivity contribution in [2.24, 2.45) is 5.92 Å². The second-order valence-electron chi connectivity index (χ2n) is 5.94. The highest BCUT2D eigenvalue weighted by Crippen LogP contribution is 2.34. The molecule has 4 unspecified atom stereocenters. The Morgan fingerprint density at radius 1 is 1.35 bits per heavy atom. The van der Waals surface area contributed by atoms with Crippen LogP contribution in [0, 0.1) is 5.92 Å². The SMILES string of the molecule is CC(CCNC(=O)NC1CC2CCC1O2)CCC(=O)O. The van der Waals surface area contributed by atoms with Gasteiger partial charge in [-0.05, 0) is 38.0 Å². The van der Waals surface area contributed by atoms with Crippen LogP contribution < -0.4 is 10.6 Å². The first-order chi connectivity index (χ1) is 9.54. The predicted octanol–water partition coefficient (Wildman–Crippen LogP) is 1.50. The fraction of sp³-hybridized carbons (Fsp3) is 0.857. The minimum atomic E-state index is -0.765. The number of carboxylic acids is 1. The number of nitrogens with one attached hydrogen (secondary N) is 2. The average molecular weight is 284 g/mol. The second kappa shape index (κ2) is 6.92. The summed E-state index contributed by atoms with van der Waals surface area (Å²) in [4.78, 5) is 22.2. The summed E-state index contributed by atoms with van der Waals surface area (Å²) in [6, 6.07) is 0.00904. The molecule has 20 heavy (non-hydrogen) atoms. The number of urea groups is 1. The van der Waals surface area contributed by atoms with Crippen LogP contribution in [-0.2, 0) is 9.53 Å². The molecule has 0 aromatic carbocycles. The van der Waals surface area contributed by atoms with Gasteiger partial charge in [-0.15, -0.1) is 0 Å². The van der Waals surface area contributed by atoms with Gasteiger partial charge in [-0.3, -0.25) is 4.79 Å². The van der Waals surface area contributed by atoms with Crippen molar-refractivity contribution in [2.45, 2.75) is 63.7 Å². The lowest BCUT2D eigenvalue weighted by atomic mass is 9.96. The molecular formula is C14H24N2O4. The minimum absolute atomic E-state index is 0.142. The second-order valence-corrected chi connectivity index (χ2v) is 5.94. The molecule has 2 amide bonds. The first kappa shape index (κ1) is 15.1. The van der Waals surface area contributed by atoms with E-state index in [1.54, 1.807) is 0 Å². The van der Waals surface area contributed by atoms with Gasteiger partial charge >= 0.3 is 12.0 Å². The number of hydrogen-bond donors (Lipinski definition) is 3. The molecule has 2 bridgehead atoms. The summed E-state index contributed by atoms with van der Waals surface area (Å²) in [5, 5.41) is 14.4. The molecule has 0 radical (unpaired) electrons.